The predicted octanol–water partition coefficient (Wildman–Crippen LogP) is 4.86. The van der Waals surface area contributed by atoms with Crippen molar-refractivity contribution in [3.8, 4) is 0 Å². The first-order chi connectivity index (χ1) is 16.5. The molecule has 1 N–H and O–H groups in total. The van der Waals surface area contributed by atoms with E-state index >= 15 is 0 Å². The van der Waals surface area contributed by atoms with Crippen LogP contribution in [0, 0.1) is 5.92 Å². The molecule has 2 amide bonds. The lowest BCUT2D eigenvalue weighted by Crippen LogP contribution is -2.45. The Morgan fingerprint density at radius 1 is 1.06 bits per heavy atom. The fourth-order valence-corrected chi connectivity index (χ4v) is 4.29. The first-order valence-electron chi connectivity index (χ1n) is 12.3. The average Bonchev–Trinajstić information content (AvgIpc) is 3.24. The topological polar surface area (TPSA) is 93.1 Å². The third-order valence-corrected chi connectivity index (χ3v) is 6.30. The van der Waals surface area contributed by atoms with Crippen molar-refractivity contribution in [2.24, 2.45) is 5.92 Å². The van der Waals surface area contributed by atoms with Crippen molar-refractivity contribution in [3.05, 3.63) is 59.9 Å². The quantitative estimate of drug-likeness (QED) is 0.439. The molecular formula is C27H35NO6. The fourth-order valence-electron chi connectivity index (χ4n) is 4.29. The highest BCUT2D eigenvalue weighted by atomic mass is 16.6. The van der Waals surface area contributed by atoms with Gasteiger partial charge in [0, 0.05) is 6.61 Å². The third-order valence-electron chi connectivity index (χ3n) is 6.30. The summed E-state index contributed by atoms with van der Waals surface area (Å²) in [6.45, 7) is 1.98. The van der Waals surface area contributed by atoms with Crippen LogP contribution in [0.15, 0.2) is 54.3 Å². The molecule has 1 aromatic carbocycles. The van der Waals surface area contributed by atoms with Crippen molar-refractivity contribution in [3.63, 3.8) is 0 Å². The van der Waals surface area contributed by atoms with Gasteiger partial charge in [0.05, 0.1) is 5.92 Å². The Bertz CT molecular complexity index is 894. The number of rotatable bonds is 12. The summed E-state index contributed by atoms with van der Waals surface area (Å²) in [5, 5.41) is 8.80. The van der Waals surface area contributed by atoms with Crippen LogP contribution in [-0.4, -0.2) is 47.1 Å². The number of unbranched alkanes of at least 4 members (excludes halogenated alkanes) is 7. The molecule has 1 aromatic rings. The van der Waals surface area contributed by atoms with Crippen LogP contribution in [0.25, 0.3) is 0 Å². The van der Waals surface area contributed by atoms with E-state index in [1.54, 1.807) is 13.0 Å². The molecule has 7 heteroatoms. The molecule has 2 aliphatic rings. The number of nitrogens with zero attached hydrogens (tertiary/aromatic N) is 1. The summed E-state index contributed by atoms with van der Waals surface area (Å²) in [6, 6.07) is 8.73. The Labute approximate surface area is 201 Å². The Kier molecular flexibility index (Phi) is 9.89. The number of ether oxygens (including phenoxy) is 2. The molecule has 2 heterocycles. The Balaban J connectivity index is 1.54. The smallest absolute Gasteiger partial charge is 0.417 e. The van der Waals surface area contributed by atoms with Gasteiger partial charge in [0.25, 0.3) is 0 Å². The second kappa shape index (κ2) is 13.1. The summed E-state index contributed by atoms with van der Waals surface area (Å²) in [5.41, 5.74) is 0.804. The molecule has 0 saturated carbocycles. The van der Waals surface area contributed by atoms with E-state index < -0.39 is 30.1 Å². The normalized spacial score (nSPS) is 22.1. The number of imide groups is 1. The van der Waals surface area contributed by atoms with Crippen LogP contribution in [0.3, 0.4) is 0 Å². The Morgan fingerprint density at radius 3 is 2.44 bits per heavy atom. The molecule has 0 aromatic heterocycles. The van der Waals surface area contributed by atoms with Gasteiger partial charge in [-0.05, 0) is 50.0 Å². The summed E-state index contributed by atoms with van der Waals surface area (Å²) in [4.78, 5) is 39.2. The lowest BCUT2D eigenvalue weighted by atomic mass is 9.95. The van der Waals surface area contributed by atoms with Gasteiger partial charge in [-0.2, -0.15) is 0 Å². The van der Waals surface area contributed by atoms with Gasteiger partial charge in [-0.1, -0.05) is 62.4 Å². The number of allylic oxidation sites excluding steroid dienone is 2. The van der Waals surface area contributed by atoms with Crippen molar-refractivity contribution in [2.75, 3.05) is 13.2 Å². The monoisotopic (exact) mass is 469 g/mol. The zero-order valence-electron chi connectivity index (χ0n) is 19.9. The fraction of sp³-hybridized carbons (Fsp3) is 0.519. The average molecular weight is 470 g/mol. The molecule has 7 nitrogen and oxygen atoms in total. The molecule has 1 saturated heterocycles. The number of benzene rings is 1. The molecule has 34 heavy (non-hydrogen) atoms. The number of carbonyl (C=O) groups is 3. The molecule has 0 aliphatic carbocycles. The number of ketones is 1. The highest BCUT2D eigenvalue weighted by molar-refractivity contribution is 6.01. The summed E-state index contributed by atoms with van der Waals surface area (Å²) in [5.74, 6) is -1.03. The summed E-state index contributed by atoms with van der Waals surface area (Å²) in [6.07, 6.45) is 11.8. The van der Waals surface area contributed by atoms with Gasteiger partial charge < -0.3 is 14.6 Å². The van der Waals surface area contributed by atoms with Crippen LogP contribution in [0.2, 0.25) is 0 Å². The van der Waals surface area contributed by atoms with Crippen LogP contribution in [0.4, 0.5) is 4.79 Å². The minimum Gasteiger partial charge on any atom is -0.482 e. The van der Waals surface area contributed by atoms with Crippen LogP contribution < -0.4 is 0 Å². The van der Waals surface area contributed by atoms with Gasteiger partial charge in [-0.15, -0.1) is 0 Å². The standard InChI is InChI=1S/C27H35NO6/c1-20(26(31)28-23(19-33-27(28)32)21-13-9-8-10-14-21)25-24(30)17-16-22(34-25)15-11-6-4-2-3-5-7-12-18-29/h8-10,13-17,20,23,25,29H,2-7,11-12,18-19H2,1H3/t20-,23+,25-/m0/s1. The highest BCUT2D eigenvalue weighted by Crippen LogP contribution is 2.31. The summed E-state index contributed by atoms with van der Waals surface area (Å²) < 4.78 is 11.0. The number of aliphatic hydroxyl groups is 1. The number of cyclic esters (lactones) is 1. The van der Waals surface area contributed by atoms with E-state index in [0.29, 0.717) is 5.76 Å². The summed E-state index contributed by atoms with van der Waals surface area (Å²) >= 11 is 0. The van der Waals surface area contributed by atoms with E-state index in [0.717, 1.165) is 55.4 Å². The number of hydrogen-bond acceptors (Lipinski definition) is 6. The van der Waals surface area contributed by atoms with E-state index in [4.69, 9.17) is 14.6 Å². The molecule has 1 fully saturated rings. The molecule has 0 unspecified atom stereocenters. The van der Waals surface area contributed by atoms with Crippen LogP contribution >= 0.6 is 0 Å². The lowest BCUT2D eigenvalue weighted by Gasteiger charge is -2.29. The summed E-state index contributed by atoms with van der Waals surface area (Å²) in [7, 11) is 0. The first kappa shape index (κ1) is 25.7. The van der Waals surface area contributed by atoms with Crippen molar-refractivity contribution < 1.29 is 29.0 Å². The van der Waals surface area contributed by atoms with E-state index in [1.807, 2.05) is 36.4 Å². The van der Waals surface area contributed by atoms with E-state index in [-0.39, 0.29) is 19.0 Å². The van der Waals surface area contributed by atoms with Crippen LogP contribution in [0.1, 0.15) is 69.9 Å². The maximum absolute atomic E-state index is 13.3. The number of hydrogen-bond donors (Lipinski definition) is 1. The molecule has 2 aliphatic heterocycles. The maximum atomic E-state index is 13.3. The van der Waals surface area contributed by atoms with Crippen molar-refractivity contribution in [1.29, 1.82) is 0 Å². The van der Waals surface area contributed by atoms with Crippen molar-refractivity contribution in [1.82, 2.24) is 4.90 Å². The van der Waals surface area contributed by atoms with E-state index in [1.165, 1.54) is 12.5 Å². The number of aliphatic hydroxyl groups excluding tert-OH is 1. The Morgan fingerprint density at radius 2 is 1.74 bits per heavy atom. The van der Waals surface area contributed by atoms with Crippen LogP contribution in [-0.2, 0) is 19.1 Å². The first-order valence-corrected chi connectivity index (χ1v) is 12.3. The van der Waals surface area contributed by atoms with Gasteiger partial charge in [0.15, 0.2) is 11.9 Å². The minimum atomic E-state index is -0.972. The van der Waals surface area contributed by atoms with E-state index in [2.05, 4.69) is 0 Å². The highest BCUT2D eigenvalue weighted by Gasteiger charge is 2.44. The van der Waals surface area contributed by atoms with Gasteiger partial charge in [-0.3, -0.25) is 9.59 Å². The molecule has 184 valence electrons. The number of amides is 2. The van der Waals surface area contributed by atoms with Crippen molar-refractivity contribution in [2.45, 2.75) is 70.4 Å². The van der Waals surface area contributed by atoms with E-state index in [9.17, 15) is 14.4 Å². The Hall–Kier alpha value is -2.93. The molecular weight excluding hydrogens is 434 g/mol. The minimum absolute atomic E-state index is 0.0905. The second-order valence-electron chi connectivity index (χ2n) is 8.87. The van der Waals surface area contributed by atoms with Crippen molar-refractivity contribution >= 4 is 17.8 Å². The van der Waals surface area contributed by atoms with Gasteiger partial charge in [0.2, 0.25) is 5.91 Å². The van der Waals surface area contributed by atoms with Gasteiger partial charge >= 0.3 is 6.09 Å². The zero-order valence-corrected chi connectivity index (χ0v) is 19.9. The molecule has 0 spiro atoms. The van der Waals surface area contributed by atoms with Gasteiger partial charge in [0.1, 0.15) is 18.4 Å². The molecule has 0 radical (unpaired) electrons. The van der Waals surface area contributed by atoms with Gasteiger partial charge in [-0.25, -0.2) is 9.69 Å². The lowest BCUT2D eigenvalue weighted by molar-refractivity contribution is -0.142. The largest absolute Gasteiger partial charge is 0.482 e. The van der Waals surface area contributed by atoms with Crippen LogP contribution in [0.5, 0.6) is 0 Å². The third kappa shape index (κ3) is 6.79. The second-order valence-corrected chi connectivity index (χ2v) is 8.87. The SMILES string of the molecule is C[C@H](C(=O)N1C(=O)OC[C@@H]1c1ccccc1)[C@@H]1OC(=CCCCCCCCCCO)C=CC1=O. The molecule has 3 atom stereocenters. The predicted molar refractivity (Wildman–Crippen MR) is 128 cm³/mol. The zero-order chi connectivity index (χ0) is 24.3. The molecule has 3 rings (SSSR count). The number of carbonyl (C=O) groups excluding carboxylic acids is 3. The molecule has 0 bridgehead atoms. The maximum Gasteiger partial charge on any atom is 0.417 e.